The highest BCUT2D eigenvalue weighted by molar-refractivity contribution is 6.09. The first-order chi connectivity index (χ1) is 30.6. The van der Waals surface area contributed by atoms with Gasteiger partial charge in [-0.25, -0.2) is 4.39 Å². The Labute approximate surface area is 356 Å². The van der Waals surface area contributed by atoms with Crippen molar-refractivity contribution in [3.05, 3.63) is 138 Å². The minimum absolute atomic E-state index is 0.0256. The normalized spacial score (nSPS) is 13.0. The van der Waals surface area contributed by atoms with Crippen molar-refractivity contribution in [3.8, 4) is 61.8 Å². The van der Waals surface area contributed by atoms with Crippen LogP contribution in [-0.4, -0.2) is 56.4 Å². The average molecular weight is 885 g/mol. The van der Waals surface area contributed by atoms with Crippen molar-refractivity contribution >= 4 is 33.5 Å². The highest BCUT2D eigenvalue weighted by atomic mass is 19.4. The summed E-state index contributed by atoms with van der Waals surface area (Å²) in [4.78, 5) is 0. The average Bonchev–Trinajstić information content (AvgIpc) is 4.08. The Hall–Kier alpha value is -8.29. The van der Waals surface area contributed by atoms with Gasteiger partial charge in [0.25, 0.3) is 0 Å². The van der Waals surface area contributed by atoms with Crippen LogP contribution in [0.25, 0.3) is 66.3 Å². The first kappa shape index (κ1) is 42.4. The Balaban J connectivity index is 0.000000175. The maximum absolute atomic E-state index is 13.8. The molecule has 13 nitrogen and oxygen atoms in total. The van der Waals surface area contributed by atoms with Crippen LogP contribution in [0.5, 0.6) is 17.2 Å². The first-order valence-corrected chi connectivity index (χ1v) is 18.7. The smallest absolute Gasteiger partial charge is 0.416 e. The van der Waals surface area contributed by atoms with Crippen molar-refractivity contribution in [2.45, 2.75) is 12.4 Å². The number of nitrogens with zero attached hydrogens (tertiary/aromatic N) is 4. The number of ether oxygens (including phenoxy) is 3. The largest absolute Gasteiger partial charge is 0.496 e. The summed E-state index contributed by atoms with van der Waals surface area (Å²) >= 11 is 0. The molecule has 64 heavy (non-hydrogen) atoms. The highest BCUT2D eigenvalue weighted by Crippen LogP contribution is 2.48. The molecule has 0 atom stereocenters. The summed E-state index contributed by atoms with van der Waals surface area (Å²) in [5.41, 5.74) is 13.4. The van der Waals surface area contributed by atoms with E-state index in [1.165, 1.54) is 19.4 Å². The van der Waals surface area contributed by atoms with Gasteiger partial charge in [0.2, 0.25) is 6.79 Å². The predicted octanol–water partition coefficient (Wildman–Crippen LogP) is 9.90. The van der Waals surface area contributed by atoms with Gasteiger partial charge in [-0.2, -0.15) is 36.5 Å². The van der Waals surface area contributed by atoms with Gasteiger partial charge in [-0.05, 0) is 89.0 Å². The zero-order chi connectivity index (χ0) is 45.5. The number of alkyl halides is 6. The van der Waals surface area contributed by atoms with Gasteiger partial charge < -0.3 is 36.1 Å². The van der Waals surface area contributed by atoms with Crippen LogP contribution in [0.15, 0.2) is 120 Å². The van der Waals surface area contributed by atoms with Crippen molar-refractivity contribution in [1.29, 1.82) is 0 Å². The number of oxime groups is 2. The number of benzene rings is 6. The summed E-state index contributed by atoms with van der Waals surface area (Å²) in [5.74, 6) is -0.711. The number of halogens is 7. The summed E-state index contributed by atoms with van der Waals surface area (Å²) in [7, 11) is 1.31. The number of nitrogens with two attached hydrogens (primary N) is 2. The van der Waals surface area contributed by atoms with E-state index >= 15 is 0 Å². The second-order valence-electron chi connectivity index (χ2n) is 14.1. The molecule has 20 heteroatoms. The SMILES string of the molecule is COc1cc(F)ccc1-c1c(C(N)=NO)cc(C(F)(F)F)cc1-c1ccc2[nH]ncc2c1.NC(=NO)c1cc(C(F)(F)F)cc(-c2ccc3[nH]ncc3c2)c1-c1cccc2c1OCO2. The molecular weight excluding hydrogens is 854 g/mol. The molecule has 0 spiro atoms. The Bertz CT molecular complexity index is 3140. The number of fused-ring (bicyclic) bond motifs is 3. The molecule has 9 rings (SSSR count). The molecule has 0 saturated carbocycles. The number of H-pyrrole nitrogens is 2. The molecule has 0 bridgehead atoms. The molecule has 6 aromatic carbocycles. The third-order valence-corrected chi connectivity index (χ3v) is 10.3. The Morgan fingerprint density at radius 1 is 0.656 bits per heavy atom. The number of nitrogens with one attached hydrogen (secondary N) is 2. The lowest BCUT2D eigenvalue weighted by atomic mass is 9.87. The second kappa shape index (κ2) is 16.5. The Kier molecular flexibility index (Phi) is 11.0. The number of hydrogen-bond donors (Lipinski definition) is 6. The minimum Gasteiger partial charge on any atom is -0.496 e. The van der Waals surface area contributed by atoms with Crippen LogP contribution in [0.1, 0.15) is 22.3 Å². The minimum atomic E-state index is -4.70. The molecule has 1 aliphatic heterocycles. The molecule has 326 valence electrons. The lowest BCUT2D eigenvalue weighted by Crippen LogP contribution is -2.17. The molecule has 0 saturated heterocycles. The molecule has 8 aromatic rings. The van der Waals surface area contributed by atoms with Crippen LogP contribution in [0.3, 0.4) is 0 Å². The zero-order valence-corrected chi connectivity index (χ0v) is 32.8. The van der Waals surface area contributed by atoms with Crippen LogP contribution in [0.2, 0.25) is 0 Å². The summed E-state index contributed by atoms with van der Waals surface area (Å²) in [6, 6.07) is 22.4. The van der Waals surface area contributed by atoms with E-state index in [0.717, 1.165) is 41.9 Å². The molecule has 0 unspecified atom stereocenters. The van der Waals surface area contributed by atoms with Crippen LogP contribution >= 0.6 is 0 Å². The second-order valence-corrected chi connectivity index (χ2v) is 14.1. The number of hydrogen-bond acceptors (Lipinski definition) is 9. The Morgan fingerprint density at radius 2 is 1.19 bits per heavy atom. The van der Waals surface area contributed by atoms with Gasteiger partial charge in [-0.3, -0.25) is 10.2 Å². The maximum Gasteiger partial charge on any atom is 0.416 e. The van der Waals surface area contributed by atoms with E-state index in [2.05, 4.69) is 30.7 Å². The van der Waals surface area contributed by atoms with Crippen molar-refractivity contribution in [2.24, 2.45) is 21.8 Å². The third-order valence-electron chi connectivity index (χ3n) is 10.3. The molecule has 0 radical (unpaired) electrons. The number of methoxy groups -OCH3 is 1. The van der Waals surface area contributed by atoms with Gasteiger partial charge in [-0.1, -0.05) is 34.6 Å². The van der Waals surface area contributed by atoms with Crippen molar-refractivity contribution < 1.29 is 55.4 Å². The quantitative estimate of drug-likeness (QED) is 0.0296. The molecular formula is C44H31F7N8O5. The fourth-order valence-corrected chi connectivity index (χ4v) is 7.38. The summed E-state index contributed by atoms with van der Waals surface area (Å²) in [5, 5.41) is 39.4. The monoisotopic (exact) mass is 884 g/mol. The van der Waals surface area contributed by atoms with Gasteiger partial charge in [0.1, 0.15) is 11.6 Å². The molecule has 0 aliphatic carbocycles. The molecule has 8 N–H and O–H groups in total. The Morgan fingerprint density at radius 3 is 1.69 bits per heavy atom. The predicted molar refractivity (Wildman–Crippen MR) is 222 cm³/mol. The molecule has 0 fully saturated rings. The van der Waals surface area contributed by atoms with Gasteiger partial charge in [-0.15, -0.1) is 0 Å². The molecule has 2 aromatic heterocycles. The van der Waals surface area contributed by atoms with E-state index < -0.39 is 41.0 Å². The van der Waals surface area contributed by atoms with E-state index in [1.54, 1.807) is 60.8 Å². The molecule has 1 aliphatic rings. The third kappa shape index (κ3) is 7.98. The van der Waals surface area contributed by atoms with Crippen LogP contribution in [0.4, 0.5) is 30.7 Å². The zero-order valence-electron chi connectivity index (χ0n) is 32.8. The van der Waals surface area contributed by atoms with Crippen LogP contribution in [-0.2, 0) is 12.4 Å². The summed E-state index contributed by atoms with van der Waals surface area (Å²) in [6.07, 6.45) is -6.25. The van der Waals surface area contributed by atoms with Crippen molar-refractivity contribution in [2.75, 3.05) is 13.9 Å². The number of rotatable bonds is 7. The first-order valence-electron chi connectivity index (χ1n) is 18.7. The number of aromatic amines is 2. The van der Waals surface area contributed by atoms with Crippen LogP contribution < -0.4 is 25.7 Å². The van der Waals surface area contributed by atoms with Crippen molar-refractivity contribution in [3.63, 3.8) is 0 Å². The van der Waals surface area contributed by atoms with Gasteiger partial charge in [0.05, 0.1) is 41.7 Å². The van der Waals surface area contributed by atoms with Crippen LogP contribution in [0, 0.1) is 5.82 Å². The molecule has 0 amide bonds. The van der Waals surface area contributed by atoms with Gasteiger partial charge in [0.15, 0.2) is 23.2 Å². The van der Waals surface area contributed by atoms with E-state index in [4.69, 9.17) is 25.7 Å². The fourth-order valence-electron chi connectivity index (χ4n) is 7.38. The lowest BCUT2D eigenvalue weighted by Gasteiger charge is -2.20. The van der Waals surface area contributed by atoms with Gasteiger partial charge in [0, 0.05) is 50.2 Å². The summed E-state index contributed by atoms with van der Waals surface area (Å²) in [6.45, 7) is -0.0256. The highest BCUT2D eigenvalue weighted by Gasteiger charge is 2.35. The van der Waals surface area contributed by atoms with E-state index in [1.807, 2.05) is 0 Å². The van der Waals surface area contributed by atoms with Gasteiger partial charge >= 0.3 is 12.4 Å². The lowest BCUT2D eigenvalue weighted by molar-refractivity contribution is -0.138. The standard InChI is InChI=1S/C22H16F4N4O2.C22H15F3N4O3/c1-32-19-9-14(23)3-4-15(19)20-16(11-2-5-18-12(6-11)10-28-29-18)7-13(22(24,25)26)8-17(20)21(27)30-31;23-22(24,25)13-7-15(11-4-5-17-12(6-11)9-27-28-17)19(16(8-13)21(26)29-30)14-2-1-3-18-20(14)32-10-31-18/h2-10,31H,1H3,(H2,27,30)(H,28,29);1-9,30H,10H2,(H2,26,29)(H,27,28). The van der Waals surface area contributed by atoms with E-state index in [9.17, 15) is 41.1 Å². The molecule has 3 heterocycles. The number of para-hydroxylation sites is 1. The fraction of sp³-hybridized carbons (Fsp3) is 0.0909. The van der Waals surface area contributed by atoms with E-state index in [-0.39, 0.29) is 45.9 Å². The summed E-state index contributed by atoms with van der Waals surface area (Å²) < 4.78 is 113. The number of amidine groups is 2. The topological polar surface area (TPSA) is 202 Å². The maximum atomic E-state index is 13.8. The number of aromatic nitrogens is 4. The van der Waals surface area contributed by atoms with Crippen molar-refractivity contribution in [1.82, 2.24) is 20.4 Å². The van der Waals surface area contributed by atoms with E-state index in [0.29, 0.717) is 50.0 Å².